The van der Waals surface area contributed by atoms with Crippen molar-refractivity contribution in [3.05, 3.63) is 29.8 Å². The smallest absolute Gasteiger partial charge is 0.224 e. The highest BCUT2D eigenvalue weighted by molar-refractivity contribution is 5.78. The Morgan fingerprint density at radius 3 is 2.50 bits per heavy atom. The summed E-state index contributed by atoms with van der Waals surface area (Å²) in [4.78, 5) is 12.0. The van der Waals surface area contributed by atoms with Crippen LogP contribution in [0.5, 0.6) is 5.75 Å². The number of benzene rings is 1. The zero-order valence-corrected chi connectivity index (χ0v) is 12.2. The van der Waals surface area contributed by atoms with Gasteiger partial charge in [0.15, 0.2) is 0 Å². The highest BCUT2D eigenvalue weighted by Crippen LogP contribution is 2.25. The van der Waals surface area contributed by atoms with E-state index in [1.165, 1.54) is 19.3 Å². The summed E-state index contributed by atoms with van der Waals surface area (Å²) in [7, 11) is 1.63. The molecule has 4 heteroatoms. The van der Waals surface area contributed by atoms with Crippen LogP contribution in [0.1, 0.15) is 37.7 Å². The second-order valence-electron chi connectivity index (χ2n) is 5.72. The normalized spacial score (nSPS) is 17.5. The largest absolute Gasteiger partial charge is 0.497 e. The molecular formula is C16H24N2O2. The second-order valence-corrected chi connectivity index (χ2v) is 5.72. The third kappa shape index (κ3) is 4.23. The van der Waals surface area contributed by atoms with Gasteiger partial charge in [-0.1, -0.05) is 31.4 Å². The van der Waals surface area contributed by atoms with E-state index in [9.17, 15) is 4.79 Å². The summed E-state index contributed by atoms with van der Waals surface area (Å²) < 4.78 is 5.10. The summed E-state index contributed by atoms with van der Waals surface area (Å²) in [5, 5.41) is 2.97. The van der Waals surface area contributed by atoms with Crippen molar-refractivity contribution >= 4 is 5.91 Å². The van der Waals surface area contributed by atoms with E-state index in [2.05, 4.69) is 5.32 Å². The number of amides is 1. The summed E-state index contributed by atoms with van der Waals surface area (Å²) in [5.74, 6) is 0.836. The molecule has 0 aromatic heterocycles. The number of rotatable bonds is 5. The molecule has 0 radical (unpaired) electrons. The molecule has 1 fully saturated rings. The van der Waals surface area contributed by atoms with Crippen LogP contribution in [0.2, 0.25) is 0 Å². The first-order valence-electron chi connectivity index (χ1n) is 7.30. The predicted octanol–water partition coefficient (Wildman–Crippen LogP) is 2.02. The first-order chi connectivity index (χ1) is 9.61. The van der Waals surface area contributed by atoms with Gasteiger partial charge in [-0.3, -0.25) is 4.79 Å². The summed E-state index contributed by atoms with van der Waals surface area (Å²) in [6.07, 6.45) is 6.01. The zero-order chi connectivity index (χ0) is 14.4. The Hall–Kier alpha value is -1.55. The maximum absolute atomic E-state index is 12.0. The first kappa shape index (κ1) is 14.9. The molecule has 0 unspecified atom stereocenters. The molecule has 2 rings (SSSR count). The maximum atomic E-state index is 12.0. The van der Waals surface area contributed by atoms with Crippen molar-refractivity contribution in [2.75, 3.05) is 13.7 Å². The van der Waals surface area contributed by atoms with Crippen molar-refractivity contribution in [1.82, 2.24) is 5.32 Å². The fraction of sp³-hybridized carbons (Fsp3) is 0.562. The molecule has 4 nitrogen and oxygen atoms in total. The number of carbonyl (C=O) groups excluding carboxylic acids is 1. The molecule has 0 saturated heterocycles. The number of hydrogen-bond acceptors (Lipinski definition) is 3. The number of methoxy groups -OCH3 is 1. The van der Waals surface area contributed by atoms with Crippen molar-refractivity contribution in [2.45, 2.75) is 44.1 Å². The number of nitrogens with two attached hydrogens (primary N) is 1. The molecule has 0 heterocycles. The molecule has 0 aliphatic heterocycles. The van der Waals surface area contributed by atoms with E-state index >= 15 is 0 Å². The average Bonchev–Trinajstić information content (AvgIpc) is 2.47. The van der Waals surface area contributed by atoms with E-state index in [-0.39, 0.29) is 11.4 Å². The van der Waals surface area contributed by atoms with Crippen LogP contribution in [0.3, 0.4) is 0 Å². The second kappa shape index (κ2) is 6.75. The SMILES string of the molecule is COc1ccc(CC(=O)NCC2(N)CCCCC2)cc1. The molecule has 0 bridgehead atoms. The van der Waals surface area contributed by atoms with Gasteiger partial charge in [-0.05, 0) is 30.5 Å². The molecule has 20 heavy (non-hydrogen) atoms. The summed E-state index contributed by atoms with van der Waals surface area (Å²) in [6, 6.07) is 7.57. The van der Waals surface area contributed by atoms with Gasteiger partial charge in [-0.15, -0.1) is 0 Å². The van der Waals surface area contributed by atoms with Crippen molar-refractivity contribution < 1.29 is 9.53 Å². The average molecular weight is 276 g/mol. The van der Waals surface area contributed by atoms with Gasteiger partial charge in [0.1, 0.15) is 5.75 Å². The Balaban J connectivity index is 1.79. The quantitative estimate of drug-likeness (QED) is 0.864. The highest BCUT2D eigenvalue weighted by atomic mass is 16.5. The third-order valence-corrected chi connectivity index (χ3v) is 4.01. The van der Waals surface area contributed by atoms with Crippen LogP contribution >= 0.6 is 0 Å². The number of nitrogens with one attached hydrogen (secondary N) is 1. The highest BCUT2D eigenvalue weighted by Gasteiger charge is 2.27. The van der Waals surface area contributed by atoms with E-state index in [1.54, 1.807) is 7.11 Å². The monoisotopic (exact) mass is 276 g/mol. The number of hydrogen-bond donors (Lipinski definition) is 2. The molecule has 3 N–H and O–H groups in total. The van der Waals surface area contributed by atoms with Gasteiger partial charge in [-0.25, -0.2) is 0 Å². The van der Waals surface area contributed by atoms with Gasteiger partial charge >= 0.3 is 0 Å². The Bertz CT molecular complexity index is 436. The van der Waals surface area contributed by atoms with Gasteiger partial charge in [0.05, 0.1) is 13.5 Å². The Labute approximate surface area is 120 Å². The Morgan fingerprint density at radius 1 is 1.25 bits per heavy atom. The van der Waals surface area contributed by atoms with Crippen LogP contribution in [-0.4, -0.2) is 25.1 Å². The van der Waals surface area contributed by atoms with E-state index in [0.717, 1.165) is 24.2 Å². The van der Waals surface area contributed by atoms with Crippen molar-refractivity contribution in [1.29, 1.82) is 0 Å². The summed E-state index contributed by atoms with van der Waals surface area (Å²) in [6.45, 7) is 0.585. The Morgan fingerprint density at radius 2 is 1.90 bits per heavy atom. The number of carbonyl (C=O) groups is 1. The Kier molecular flexibility index (Phi) is 5.01. The maximum Gasteiger partial charge on any atom is 0.224 e. The lowest BCUT2D eigenvalue weighted by atomic mass is 9.82. The minimum absolute atomic E-state index is 0.0329. The van der Waals surface area contributed by atoms with Gasteiger partial charge in [0.2, 0.25) is 5.91 Å². The van der Waals surface area contributed by atoms with Gasteiger partial charge in [0.25, 0.3) is 0 Å². The minimum atomic E-state index is -0.201. The van der Waals surface area contributed by atoms with E-state index in [0.29, 0.717) is 13.0 Å². The summed E-state index contributed by atoms with van der Waals surface area (Å²) in [5.41, 5.74) is 7.09. The van der Waals surface area contributed by atoms with Gasteiger partial charge in [0, 0.05) is 12.1 Å². The lowest BCUT2D eigenvalue weighted by Gasteiger charge is -2.33. The van der Waals surface area contributed by atoms with Crippen LogP contribution in [0.4, 0.5) is 0 Å². The van der Waals surface area contributed by atoms with Crippen molar-refractivity contribution in [3.8, 4) is 5.75 Å². The standard InChI is InChI=1S/C16H24N2O2/c1-20-14-7-5-13(6-8-14)11-15(19)18-12-16(17)9-3-2-4-10-16/h5-8H,2-4,9-12,17H2,1H3,(H,18,19). The van der Waals surface area contributed by atoms with E-state index < -0.39 is 0 Å². The van der Waals surface area contributed by atoms with Gasteiger partial charge < -0.3 is 15.8 Å². The zero-order valence-electron chi connectivity index (χ0n) is 12.2. The minimum Gasteiger partial charge on any atom is -0.497 e. The molecular weight excluding hydrogens is 252 g/mol. The first-order valence-corrected chi connectivity index (χ1v) is 7.30. The predicted molar refractivity (Wildman–Crippen MR) is 79.7 cm³/mol. The molecule has 1 aliphatic rings. The molecule has 0 spiro atoms. The van der Waals surface area contributed by atoms with E-state index in [4.69, 9.17) is 10.5 Å². The molecule has 1 aliphatic carbocycles. The fourth-order valence-electron chi connectivity index (χ4n) is 2.70. The molecule has 1 aromatic rings. The third-order valence-electron chi connectivity index (χ3n) is 4.01. The van der Waals surface area contributed by atoms with Crippen LogP contribution in [0.25, 0.3) is 0 Å². The van der Waals surface area contributed by atoms with Crippen LogP contribution in [0, 0.1) is 0 Å². The lowest BCUT2D eigenvalue weighted by molar-refractivity contribution is -0.120. The van der Waals surface area contributed by atoms with Crippen molar-refractivity contribution in [3.63, 3.8) is 0 Å². The lowest BCUT2D eigenvalue weighted by Crippen LogP contribution is -2.51. The molecule has 110 valence electrons. The molecule has 1 saturated carbocycles. The molecule has 1 aromatic carbocycles. The van der Waals surface area contributed by atoms with Crippen LogP contribution in [-0.2, 0) is 11.2 Å². The van der Waals surface area contributed by atoms with Crippen LogP contribution in [0.15, 0.2) is 24.3 Å². The molecule has 0 atom stereocenters. The number of ether oxygens (including phenoxy) is 1. The topological polar surface area (TPSA) is 64.3 Å². The van der Waals surface area contributed by atoms with Crippen molar-refractivity contribution in [2.24, 2.45) is 5.73 Å². The van der Waals surface area contributed by atoms with E-state index in [1.807, 2.05) is 24.3 Å². The van der Waals surface area contributed by atoms with Gasteiger partial charge in [-0.2, -0.15) is 0 Å². The van der Waals surface area contributed by atoms with Crippen LogP contribution < -0.4 is 15.8 Å². The molecule has 1 amide bonds. The summed E-state index contributed by atoms with van der Waals surface area (Å²) >= 11 is 0. The fourth-order valence-corrected chi connectivity index (χ4v) is 2.70.